The number of methoxy groups -OCH3 is 3. The molecule has 8 heteroatoms. The van der Waals surface area contributed by atoms with Gasteiger partial charge in [-0.2, -0.15) is 0 Å². The van der Waals surface area contributed by atoms with Crippen LogP contribution < -0.4 is 29.7 Å². The summed E-state index contributed by atoms with van der Waals surface area (Å²) in [5.74, 6) is 1.61. The molecule has 0 aliphatic carbocycles. The highest BCUT2D eigenvalue weighted by Gasteiger charge is 2.32. The number of hydrogen-bond donors (Lipinski definition) is 2. The molecule has 2 aromatic carbocycles. The summed E-state index contributed by atoms with van der Waals surface area (Å²) < 4.78 is 15.7. The zero-order chi connectivity index (χ0) is 20.1. The Bertz CT molecular complexity index is 871. The first-order valence-corrected chi connectivity index (χ1v) is 8.78. The maximum Gasteiger partial charge on any atom is 0.319 e. The lowest BCUT2D eigenvalue weighted by Gasteiger charge is -2.19. The Kier molecular flexibility index (Phi) is 5.88. The molecule has 0 aromatic heterocycles. The van der Waals surface area contributed by atoms with Gasteiger partial charge in [-0.1, -0.05) is 12.1 Å². The van der Waals surface area contributed by atoms with Crippen LogP contribution >= 0.6 is 0 Å². The van der Waals surface area contributed by atoms with E-state index in [1.807, 2.05) is 6.07 Å². The molecule has 0 unspecified atom stereocenters. The van der Waals surface area contributed by atoms with Crippen LogP contribution in [0.5, 0.6) is 17.2 Å². The Hall–Kier alpha value is -3.42. The molecule has 2 aromatic rings. The number of nitrogens with one attached hydrogen (secondary N) is 2. The van der Waals surface area contributed by atoms with Crippen LogP contribution in [-0.4, -0.2) is 45.9 Å². The van der Waals surface area contributed by atoms with E-state index in [0.717, 1.165) is 0 Å². The lowest BCUT2D eigenvalue weighted by Crippen LogP contribution is -2.39. The number of carbonyl (C=O) groups excluding carboxylic acids is 2. The van der Waals surface area contributed by atoms with Crippen molar-refractivity contribution < 1.29 is 23.8 Å². The zero-order valence-electron chi connectivity index (χ0n) is 16.0. The summed E-state index contributed by atoms with van der Waals surface area (Å²) in [6.45, 7) is 0.369. The van der Waals surface area contributed by atoms with Crippen molar-refractivity contribution in [2.24, 2.45) is 0 Å². The maximum atomic E-state index is 12.4. The molecule has 2 N–H and O–H groups in total. The van der Waals surface area contributed by atoms with E-state index in [1.54, 1.807) is 55.5 Å². The third-order valence-electron chi connectivity index (χ3n) is 4.49. The van der Waals surface area contributed by atoms with Crippen LogP contribution in [0.4, 0.5) is 16.2 Å². The summed E-state index contributed by atoms with van der Waals surface area (Å²) in [5, 5.41) is 5.59. The van der Waals surface area contributed by atoms with Crippen molar-refractivity contribution in [1.82, 2.24) is 5.32 Å². The Balaban J connectivity index is 1.65. The molecule has 1 aliphatic rings. The van der Waals surface area contributed by atoms with Gasteiger partial charge in [0.25, 0.3) is 0 Å². The molecule has 0 bridgehead atoms. The van der Waals surface area contributed by atoms with E-state index in [2.05, 4.69) is 10.6 Å². The van der Waals surface area contributed by atoms with E-state index < -0.39 is 6.03 Å². The molecule has 0 saturated carbocycles. The van der Waals surface area contributed by atoms with Gasteiger partial charge in [0, 0.05) is 24.7 Å². The van der Waals surface area contributed by atoms with Gasteiger partial charge in [0.05, 0.1) is 33.1 Å². The minimum absolute atomic E-state index is 0.0742. The third kappa shape index (κ3) is 4.11. The molecular formula is C20H23N3O5. The predicted molar refractivity (Wildman–Crippen MR) is 105 cm³/mol. The van der Waals surface area contributed by atoms with Crippen LogP contribution in [-0.2, 0) is 4.79 Å². The molecular weight excluding hydrogens is 362 g/mol. The van der Waals surface area contributed by atoms with E-state index in [4.69, 9.17) is 14.2 Å². The molecule has 1 heterocycles. The van der Waals surface area contributed by atoms with Crippen LogP contribution in [0, 0.1) is 0 Å². The van der Waals surface area contributed by atoms with Crippen molar-refractivity contribution >= 4 is 23.3 Å². The normalized spacial score (nSPS) is 15.9. The summed E-state index contributed by atoms with van der Waals surface area (Å²) >= 11 is 0. The number of nitrogens with zero attached hydrogens (tertiary/aromatic N) is 1. The fourth-order valence-electron chi connectivity index (χ4n) is 3.14. The number of urea groups is 1. The number of benzene rings is 2. The summed E-state index contributed by atoms with van der Waals surface area (Å²) in [5.41, 5.74) is 1.25. The van der Waals surface area contributed by atoms with E-state index >= 15 is 0 Å². The monoisotopic (exact) mass is 385 g/mol. The van der Waals surface area contributed by atoms with E-state index in [9.17, 15) is 9.59 Å². The van der Waals surface area contributed by atoms with Gasteiger partial charge in [0.15, 0.2) is 11.5 Å². The number of rotatable bonds is 6. The van der Waals surface area contributed by atoms with Gasteiger partial charge in [-0.05, 0) is 24.3 Å². The number of hydrogen-bond acceptors (Lipinski definition) is 5. The van der Waals surface area contributed by atoms with Crippen molar-refractivity contribution in [1.29, 1.82) is 0 Å². The van der Waals surface area contributed by atoms with Crippen LogP contribution in [0.3, 0.4) is 0 Å². The number of amides is 3. The van der Waals surface area contributed by atoms with Crippen LogP contribution in [0.15, 0.2) is 42.5 Å². The maximum absolute atomic E-state index is 12.4. The molecule has 1 fully saturated rings. The smallest absolute Gasteiger partial charge is 0.319 e. The van der Waals surface area contributed by atoms with Gasteiger partial charge in [-0.25, -0.2) is 4.79 Å². The second-order valence-electron chi connectivity index (χ2n) is 6.24. The molecule has 1 atom stereocenters. The SMILES string of the molecule is COc1ccccc1NC(=O)N[C@H]1CC(=O)N(c2ccc(OC)c(OC)c2)C1. The summed E-state index contributed by atoms with van der Waals surface area (Å²) in [6.07, 6.45) is 0.216. The van der Waals surface area contributed by atoms with Gasteiger partial charge in [-0.3, -0.25) is 4.79 Å². The number of carbonyl (C=O) groups is 2. The average molecular weight is 385 g/mol. The molecule has 148 valence electrons. The van der Waals surface area contributed by atoms with Crippen molar-refractivity contribution in [3.8, 4) is 17.2 Å². The van der Waals surface area contributed by atoms with E-state index in [1.165, 1.54) is 7.11 Å². The Morgan fingerprint density at radius 1 is 1.00 bits per heavy atom. The fraction of sp³-hybridized carbons (Fsp3) is 0.300. The van der Waals surface area contributed by atoms with Crippen LogP contribution in [0.1, 0.15) is 6.42 Å². The highest BCUT2D eigenvalue weighted by molar-refractivity contribution is 5.98. The lowest BCUT2D eigenvalue weighted by atomic mass is 10.2. The number of ether oxygens (including phenoxy) is 3. The van der Waals surface area contributed by atoms with E-state index in [-0.39, 0.29) is 18.4 Å². The number of para-hydroxylation sites is 2. The van der Waals surface area contributed by atoms with Gasteiger partial charge in [-0.15, -0.1) is 0 Å². The first kappa shape index (κ1) is 19.3. The Labute approximate surface area is 163 Å². The number of anilines is 2. The molecule has 8 nitrogen and oxygen atoms in total. The molecule has 1 aliphatic heterocycles. The Morgan fingerprint density at radius 2 is 1.71 bits per heavy atom. The summed E-state index contributed by atoms with van der Waals surface area (Å²) in [7, 11) is 4.63. The molecule has 1 saturated heterocycles. The van der Waals surface area contributed by atoms with Crippen LogP contribution in [0.2, 0.25) is 0 Å². The molecule has 28 heavy (non-hydrogen) atoms. The van der Waals surface area contributed by atoms with Crippen molar-refractivity contribution in [3.63, 3.8) is 0 Å². The van der Waals surface area contributed by atoms with Crippen molar-refractivity contribution in [2.45, 2.75) is 12.5 Å². The van der Waals surface area contributed by atoms with Crippen LogP contribution in [0.25, 0.3) is 0 Å². The third-order valence-corrected chi connectivity index (χ3v) is 4.49. The highest BCUT2D eigenvalue weighted by atomic mass is 16.5. The molecule has 0 spiro atoms. The summed E-state index contributed by atoms with van der Waals surface area (Å²) in [6, 6.07) is 11.7. The molecule has 3 rings (SSSR count). The first-order valence-electron chi connectivity index (χ1n) is 8.78. The lowest BCUT2D eigenvalue weighted by molar-refractivity contribution is -0.117. The first-order chi connectivity index (χ1) is 13.5. The quantitative estimate of drug-likeness (QED) is 0.798. The average Bonchev–Trinajstić information content (AvgIpc) is 3.07. The van der Waals surface area contributed by atoms with Gasteiger partial charge < -0.3 is 29.7 Å². The summed E-state index contributed by atoms with van der Waals surface area (Å²) in [4.78, 5) is 26.4. The van der Waals surface area contributed by atoms with Gasteiger partial charge >= 0.3 is 6.03 Å². The fourth-order valence-corrected chi connectivity index (χ4v) is 3.14. The van der Waals surface area contributed by atoms with Crippen molar-refractivity contribution in [2.75, 3.05) is 38.1 Å². The zero-order valence-corrected chi connectivity index (χ0v) is 16.0. The minimum atomic E-state index is -0.392. The second-order valence-corrected chi connectivity index (χ2v) is 6.24. The molecule has 3 amide bonds. The highest BCUT2D eigenvalue weighted by Crippen LogP contribution is 2.33. The van der Waals surface area contributed by atoms with E-state index in [0.29, 0.717) is 35.2 Å². The van der Waals surface area contributed by atoms with Gasteiger partial charge in [0.1, 0.15) is 5.75 Å². The molecule has 0 radical (unpaired) electrons. The van der Waals surface area contributed by atoms with Crippen molar-refractivity contribution in [3.05, 3.63) is 42.5 Å². The topological polar surface area (TPSA) is 89.1 Å². The minimum Gasteiger partial charge on any atom is -0.495 e. The van der Waals surface area contributed by atoms with Gasteiger partial charge in [0.2, 0.25) is 5.91 Å². The predicted octanol–water partition coefficient (Wildman–Crippen LogP) is 2.64. The second kappa shape index (κ2) is 8.51. The standard InChI is InChI=1S/C20H23N3O5/c1-26-16-7-5-4-6-15(16)22-20(25)21-13-10-19(24)23(12-13)14-8-9-17(27-2)18(11-14)28-3/h4-9,11,13H,10,12H2,1-3H3,(H2,21,22,25)/t13-/m0/s1. The largest absolute Gasteiger partial charge is 0.495 e. The Morgan fingerprint density at radius 3 is 2.43 bits per heavy atom.